The molecule has 3 aliphatic carbocycles. The summed E-state index contributed by atoms with van der Waals surface area (Å²) in [6, 6.07) is 73.7. The van der Waals surface area contributed by atoms with Gasteiger partial charge in [-0.15, -0.1) is 0 Å². The van der Waals surface area contributed by atoms with Crippen LogP contribution in [0.1, 0.15) is 65.6 Å². The first kappa shape index (κ1) is 46.6. The molecular weight excluding hydrogens is 893 g/mol. The van der Waals surface area contributed by atoms with Crippen LogP contribution in [0.3, 0.4) is 0 Å². The number of nitrogens with zero attached hydrogens (tertiary/aromatic N) is 2. The zero-order valence-corrected chi connectivity index (χ0v) is 43.6. The molecule has 0 saturated heterocycles. The maximum Gasteiger partial charge on any atom is 0.0558 e. The van der Waals surface area contributed by atoms with Gasteiger partial charge in [0.1, 0.15) is 0 Å². The average Bonchev–Trinajstić information content (AvgIpc) is 3.43. The van der Waals surface area contributed by atoms with Gasteiger partial charge in [-0.2, -0.15) is 0 Å². The van der Waals surface area contributed by atoms with E-state index in [1.807, 2.05) is 0 Å². The maximum atomic E-state index is 2.60. The van der Waals surface area contributed by atoms with Crippen molar-refractivity contribution >= 4 is 46.3 Å². The summed E-state index contributed by atoms with van der Waals surface area (Å²) in [6.45, 7) is 16.2. The first-order valence-corrected chi connectivity index (χ1v) is 26.3. The molecule has 0 fully saturated rings. The second kappa shape index (κ2) is 18.9. The lowest BCUT2D eigenvalue weighted by molar-refractivity contribution is 0.499. The summed E-state index contributed by atoms with van der Waals surface area (Å²) >= 11 is 0. The molecule has 0 spiro atoms. The fraction of sp³-hybridized carbons (Fsp3) is 0.139. The van der Waals surface area contributed by atoms with Crippen molar-refractivity contribution in [2.45, 2.75) is 54.4 Å². The van der Waals surface area contributed by atoms with Gasteiger partial charge in [0.25, 0.3) is 0 Å². The topological polar surface area (TPSA) is 6.48 Å². The number of hydrogen-bond acceptors (Lipinski definition) is 2. The number of allylic oxidation sites excluding steroid dienone is 6. The molecule has 2 atom stereocenters. The van der Waals surface area contributed by atoms with Gasteiger partial charge < -0.3 is 9.80 Å². The molecule has 3 aliphatic rings. The van der Waals surface area contributed by atoms with Crippen molar-refractivity contribution < 1.29 is 0 Å². The zero-order chi connectivity index (χ0) is 50.7. The van der Waals surface area contributed by atoms with Crippen LogP contribution < -0.4 is 9.80 Å². The predicted molar refractivity (Wildman–Crippen MR) is 316 cm³/mol. The summed E-state index contributed by atoms with van der Waals surface area (Å²) in [5.41, 5.74) is 28.0. The Morgan fingerprint density at radius 1 is 0.378 bits per heavy atom. The Balaban J connectivity index is 1.21. The molecule has 0 N–H and O–H groups in total. The molecule has 9 aromatic rings. The maximum absolute atomic E-state index is 2.60. The lowest BCUT2D eigenvalue weighted by Crippen LogP contribution is -2.27. The van der Waals surface area contributed by atoms with Gasteiger partial charge >= 0.3 is 0 Å². The Hall–Kier alpha value is -8.46. The molecule has 2 nitrogen and oxygen atoms in total. The highest BCUT2D eigenvalue weighted by Gasteiger charge is 2.40. The third-order valence-corrected chi connectivity index (χ3v) is 15.8. The van der Waals surface area contributed by atoms with Gasteiger partial charge in [-0.1, -0.05) is 227 Å². The number of rotatable bonds is 10. The summed E-state index contributed by atoms with van der Waals surface area (Å²) in [5.74, 6) is 0.327. The summed E-state index contributed by atoms with van der Waals surface area (Å²) < 4.78 is 0. The lowest BCUT2D eigenvalue weighted by atomic mass is 9.65. The quantitative estimate of drug-likeness (QED) is 0.135. The number of hydrogen-bond donors (Lipinski definition) is 0. The number of anilines is 6. The number of benzene rings is 9. The van der Waals surface area contributed by atoms with E-state index in [-0.39, 0.29) is 17.3 Å². The van der Waals surface area contributed by atoms with Gasteiger partial charge in [0.05, 0.1) is 11.4 Å². The number of aryl methyl sites for hydroxylation is 2. The van der Waals surface area contributed by atoms with Crippen molar-refractivity contribution in [3.8, 4) is 44.5 Å². The van der Waals surface area contributed by atoms with Crippen molar-refractivity contribution in [2.75, 3.05) is 9.80 Å². The Morgan fingerprint density at radius 2 is 0.824 bits per heavy atom. The van der Waals surface area contributed by atoms with Gasteiger partial charge in [0.15, 0.2) is 0 Å². The monoisotopic (exact) mass is 954 g/mol. The third kappa shape index (κ3) is 8.25. The van der Waals surface area contributed by atoms with Crippen LogP contribution in [-0.4, -0.2) is 0 Å². The van der Waals surface area contributed by atoms with E-state index in [1.165, 1.54) is 94.6 Å². The standard InChI is InChI=1S/C72H62N2/c1-47-34-36-55(51-22-12-8-13-23-51)44-66(47)73(64-32-20-30-60(49(64)3)53-26-16-10-17-27-53)68-46-69(63-41-39-58-43-59(72(5,6)7)42-57-38-40-62(68)71(63)70(57)58)74(65-33-21-31-61(50(65)4)54-28-18-11-19-29-54)67-45-56(37-35-48(67)2)52-24-14-9-15-25-52/h8-46,57,70H,1-7H3. The molecule has 12 rings (SSSR count). The molecule has 0 bridgehead atoms. The minimum atomic E-state index is 0.00595. The minimum Gasteiger partial charge on any atom is -0.309 e. The van der Waals surface area contributed by atoms with Crippen LogP contribution in [0, 0.1) is 39.0 Å². The molecule has 0 amide bonds. The van der Waals surface area contributed by atoms with E-state index in [2.05, 4.69) is 295 Å². The van der Waals surface area contributed by atoms with Gasteiger partial charge in [-0.25, -0.2) is 0 Å². The van der Waals surface area contributed by atoms with Crippen LogP contribution in [-0.2, 0) is 0 Å². The van der Waals surface area contributed by atoms with Crippen LogP contribution in [0.4, 0.5) is 34.1 Å². The van der Waals surface area contributed by atoms with Gasteiger partial charge in [-0.3, -0.25) is 0 Å². The smallest absolute Gasteiger partial charge is 0.0558 e. The molecule has 74 heavy (non-hydrogen) atoms. The molecule has 2 heteroatoms. The van der Waals surface area contributed by atoms with Crippen LogP contribution in [0.15, 0.2) is 236 Å². The van der Waals surface area contributed by atoms with E-state index in [0.29, 0.717) is 0 Å². The SMILES string of the molecule is Cc1ccc(-c2ccccc2)cc1N(c1cccc(-c2ccccc2)c1C)c1cc(N(c2cc(-c3ccccc3)ccc2C)c2cccc(-c3ccccc3)c2C)c2c3c1C=CC1=CC(C(C)(C)C)=CC(C=C2)C13. The van der Waals surface area contributed by atoms with Crippen LogP contribution in [0.25, 0.3) is 56.7 Å². The summed E-state index contributed by atoms with van der Waals surface area (Å²) in [5, 5.41) is 0. The van der Waals surface area contributed by atoms with E-state index in [0.717, 1.165) is 34.1 Å². The molecule has 0 aliphatic heterocycles. The molecule has 2 unspecified atom stereocenters. The lowest BCUT2D eigenvalue weighted by Gasteiger charge is -2.42. The van der Waals surface area contributed by atoms with Crippen molar-refractivity contribution in [1.29, 1.82) is 0 Å². The molecular formula is C72H62N2. The van der Waals surface area contributed by atoms with Gasteiger partial charge in [0, 0.05) is 45.7 Å². The molecule has 9 aromatic carbocycles. The third-order valence-electron chi connectivity index (χ3n) is 15.8. The van der Waals surface area contributed by atoms with E-state index < -0.39 is 0 Å². The van der Waals surface area contributed by atoms with Crippen LogP contribution >= 0.6 is 0 Å². The Kier molecular flexibility index (Phi) is 11.9. The molecule has 0 radical (unpaired) electrons. The highest BCUT2D eigenvalue weighted by Crippen LogP contribution is 2.58. The fourth-order valence-electron chi connectivity index (χ4n) is 11.8. The van der Waals surface area contributed by atoms with Crippen LogP contribution in [0.5, 0.6) is 0 Å². The fourth-order valence-corrected chi connectivity index (χ4v) is 11.8. The van der Waals surface area contributed by atoms with Crippen molar-refractivity contribution in [2.24, 2.45) is 11.3 Å². The van der Waals surface area contributed by atoms with E-state index >= 15 is 0 Å². The van der Waals surface area contributed by atoms with Crippen molar-refractivity contribution in [3.05, 3.63) is 275 Å². The predicted octanol–water partition coefficient (Wildman–Crippen LogP) is 20.2. The van der Waals surface area contributed by atoms with E-state index in [1.54, 1.807) is 0 Å². The Bertz CT molecular complexity index is 3730. The summed E-state index contributed by atoms with van der Waals surface area (Å²) in [7, 11) is 0. The molecule has 0 heterocycles. The molecule has 0 saturated carbocycles. The highest BCUT2D eigenvalue weighted by atomic mass is 15.2. The summed E-state index contributed by atoms with van der Waals surface area (Å²) in [6.07, 6.45) is 14.9. The highest BCUT2D eigenvalue weighted by molar-refractivity contribution is 5.99. The van der Waals surface area contributed by atoms with Gasteiger partial charge in [0.2, 0.25) is 0 Å². The molecule has 0 aromatic heterocycles. The molecule has 360 valence electrons. The Labute approximate surface area is 438 Å². The Morgan fingerprint density at radius 3 is 1.28 bits per heavy atom. The zero-order valence-electron chi connectivity index (χ0n) is 43.6. The normalized spacial score (nSPS) is 15.3. The van der Waals surface area contributed by atoms with Crippen LogP contribution in [0.2, 0.25) is 0 Å². The largest absolute Gasteiger partial charge is 0.309 e. The average molecular weight is 955 g/mol. The summed E-state index contributed by atoms with van der Waals surface area (Å²) in [4.78, 5) is 5.21. The second-order valence-electron chi connectivity index (χ2n) is 21.5. The van der Waals surface area contributed by atoms with Crippen molar-refractivity contribution in [3.63, 3.8) is 0 Å². The first-order chi connectivity index (χ1) is 36.0. The minimum absolute atomic E-state index is 0.00595. The van der Waals surface area contributed by atoms with Crippen molar-refractivity contribution in [1.82, 2.24) is 0 Å². The van der Waals surface area contributed by atoms with Gasteiger partial charge in [-0.05, 0) is 147 Å². The second-order valence-corrected chi connectivity index (χ2v) is 21.5. The first-order valence-electron chi connectivity index (χ1n) is 26.3. The van der Waals surface area contributed by atoms with E-state index in [9.17, 15) is 0 Å². The van der Waals surface area contributed by atoms with E-state index in [4.69, 9.17) is 0 Å².